The standard InChI is InChI=1S/C13H18N2O5/c1-19-7-6-14-8-12(16)15-10-2-4-11(5-3-10)20-9-13(17)18/h2-5,14H,6-9H2,1H3,(H,15,16)(H,17,18). The molecule has 0 unspecified atom stereocenters. The van der Waals surface area contributed by atoms with Crippen molar-refractivity contribution in [3.8, 4) is 5.75 Å². The summed E-state index contributed by atoms with van der Waals surface area (Å²) in [5, 5.41) is 14.1. The van der Waals surface area contributed by atoms with Crippen LogP contribution in [0.3, 0.4) is 0 Å². The fraction of sp³-hybridized carbons (Fsp3) is 0.385. The van der Waals surface area contributed by atoms with Gasteiger partial charge < -0.3 is 25.2 Å². The van der Waals surface area contributed by atoms with E-state index in [0.29, 0.717) is 24.6 Å². The molecule has 0 bridgehead atoms. The number of rotatable bonds is 9. The van der Waals surface area contributed by atoms with Crippen LogP contribution < -0.4 is 15.4 Å². The second kappa shape index (κ2) is 8.89. The molecule has 20 heavy (non-hydrogen) atoms. The average Bonchev–Trinajstić information content (AvgIpc) is 2.43. The molecule has 0 aromatic heterocycles. The first-order chi connectivity index (χ1) is 9.61. The van der Waals surface area contributed by atoms with Gasteiger partial charge in [-0.15, -0.1) is 0 Å². The van der Waals surface area contributed by atoms with Crippen LogP contribution in [0.25, 0.3) is 0 Å². The first kappa shape index (κ1) is 15.9. The van der Waals surface area contributed by atoms with Crippen LogP contribution >= 0.6 is 0 Å². The highest BCUT2D eigenvalue weighted by Crippen LogP contribution is 2.15. The molecule has 7 heteroatoms. The zero-order valence-electron chi connectivity index (χ0n) is 11.2. The van der Waals surface area contributed by atoms with E-state index < -0.39 is 12.6 Å². The lowest BCUT2D eigenvalue weighted by atomic mass is 10.3. The fourth-order valence-electron chi connectivity index (χ4n) is 1.36. The molecule has 7 nitrogen and oxygen atoms in total. The Morgan fingerprint density at radius 3 is 2.55 bits per heavy atom. The molecular formula is C13H18N2O5. The maximum Gasteiger partial charge on any atom is 0.341 e. The van der Waals surface area contributed by atoms with Gasteiger partial charge in [0.15, 0.2) is 6.61 Å². The van der Waals surface area contributed by atoms with Crippen molar-refractivity contribution in [1.29, 1.82) is 0 Å². The molecule has 0 atom stereocenters. The van der Waals surface area contributed by atoms with Crippen LogP contribution in [-0.2, 0) is 14.3 Å². The molecule has 0 spiro atoms. The Kier molecular flexibility index (Phi) is 7.08. The number of carboxylic acids is 1. The van der Waals surface area contributed by atoms with Crippen molar-refractivity contribution < 1.29 is 24.2 Å². The summed E-state index contributed by atoms with van der Waals surface area (Å²) in [5.41, 5.74) is 0.617. The Hall–Kier alpha value is -2.12. The van der Waals surface area contributed by atoms with Crippen molar-refractivity contribution in [3.05, 3.63) is 24.3 Å². The Morgan fingerprint density at radius 1 is 1.25 bits per heavy atom. The van der Waals surface area contributed by atoms with E-state index in [1.807, 2.05) is 0 Å². The summed E-state index contributed by atoms with van der Waals surface area (Å²) in [4.78, 5) is 21.9. The summed E-state index contributed by atoms with van der Waals surface area (Å²) < 4.78 is 9.83. The van der Waals surface area contributed by atoms with Gasteiger partial charge in [0.1, 0.15) is 5.75 Å². The third-order valence-electron chi connectivity index (χ3n) is 2.27. The first-order valence-electron chi connectivity index (χ1n) is 6.06. The number of benzene rings is 1. The second-order valence-electron chi connectivity index (χ2n) is 3.92. The maximum atomic E-state index is 11.6. The summed E-state index contributed by atoms with van der Waals surface area (Å²) >= 11 is 0. The van der Waals surface area contributed by atoms with E-state index in [1.165, 1.54) is 0 Å². The predicted molar refractivity (Wildman–Crippen MR) is 72.9 cm³/mol. The highest BCUT2D eigenvalue weighted by Gasteiger charge is 2.03. The zero-order valence-corrected chi connectivity index (χ0v) is 11.2. The van der Waals surface area contributed by atoms with Gasteiger partial charge >= 0.3 is 5.97 Å². The molecule has 1 rings (SSSR count). The number of hydrogen-bond acceptors (Lipinski definition) is 5. The number of nitrogens with one attached hydrogen (secondary N) is 2. The number of aliphatic carboxylic acids is 1. The molecule has 0 aliphatic carbocycles. The van der Waals surface area contributed by atoms with Gasteiger partial charge in [0.2, 0.25) is 5.91 Å². The molecule has 0 aliphatic rings. The summed E-state index contributed by atoms with van der Waals surface area (Å²) in [5.74, 6) is -0.770. The zero-order chi connectivity index (χ0) is 14.8. The minimum Gasteiger partial charge on any atom is -0.482 e. The number of anilines is 1. The highest BCUT2D eigenvalue weighted by molar-refractivity contribution is 5.92. The van der Waals surface area contributed by atoms with Crippen LogP contribution in [0.1, 0.15) is 0 Å². The minimum atomic E-state index is -1.04. The van der Waals surface area contributed by atoms with Crippen LogP contribution in [-0.4, -0.2) is 50.4 Å². The quantitative estimate of drug-likeness (QED) is 0.565. The molecule has 0 saturated carbocycles. The van der Waals surface area contributed by atoms with Crippen LogP contribution in [0.2, 0.25) is 0 Å². The second-order valence-corrected chi connectivity index (χ2v) is 3.92. The number of methoxy groups -OCH3 is 1. The third kappa shape index (κ3) is 6.72. The van der Waals surface area contributed by atoms with Crippen molar-refractivity contribution >= 4 is 17.6 Å². The number of amides is 1. The Morgan fingerprint density at radius 2 is 1.95 bits per heavy atom. The molecule has 0 radical (unpaired) electrons. The lowest BCUT2D eigenvalue weighted by Gasteiger charge is -2.08. The molecular weight excluding hydrogens is 264 g/mol. The maximum absolute atomic E-state index is 11.6. The molecule has 1 aromatic carbocycles. The number of carbonyl (C=O) groups is 2. The van der Waals surface area contributed by atoms with E-state index in [2.05, 4.69) is 10.6 Å². The van der Waals surface area contributed by atoms with Gasteiger partial charge in [0.05, 0.1) is 13.2 Å². The number of hydrogen-bond donors (Lipinski definition) is 3. The molecule has 0 fully saturated rings. The Balaban J connectivity index is 2.33. The van der Waals surface area contributed by atoms with Crippen LogP contribution in [0.15, 0.2) is 24.3 Å². The third-order valence-corrected chi connectivity index (χ3v) is 2.27. The summed E-state index contributed by atoms with van der Waals surface area (Å²) in [6, 6.07) is 6.47. The van der Waals surface area contributed by atoms with Crippen LogP contribution in [0, 0.1) is 0 Å². The molecule has 1 amide bonds. The average molecular weight is 282 g/mol. The molecule has 0 heterocycles. The van der Waals surface area contributed by atoms with Crippen LogP contribution in [0.4, 0.5) is 5.69 Å². The number of carbonyl (C=O) groups excluding carboxylic acids is 1. The highest BCUT2D eigenvalue weighted by atomic mass is 16.5. The van der Waals surface area contributed by atoms with E-state index in [-0.39, 0.29) is 12.5 Å². The Bertz CT molecular complexity index is 433. The molecule has 1 aromatic rings. The van der Waals surface area contributed by atoms with Gasteiger partial charge in [-0.05, 0) is 24.3 Å². The monoisotopic (exact) mass is 282 g/mol. The normalized spacial score (nSPS) is 10.1. The topological polar surface area (TPSA) is 96.9 Å². The van der Waals surface area contributed by atoms with Crippen molar-refractivity contribution in [3.63, 3.8) is 0 Å². The number of ether oxygens (including phenoxy) is 2. The molecule has 110 valence electrons. The van der Waals surface area contributed by atoms with Crippen LogP contribution in [0.5, 0.6) is 5.75 Å². The van der Waals surface area contributed by atoms with E-state index >= 15 is 0 Å². The van der Waals surface area contributed by atoms with Crippen molar-refractivity contribution in [2.45, 2.75) is 0 Å². The number of carboxylic acid groups (broad SMARTS) is 1. The van der Waals surface area contributed by atoms with E-state index in [4.69, 9.17) is 14.6 Å². The van der Waals surface area contributed by atoms with Gasteiger partial charge in [0, 0.05) is 19.3 Å². The lowest BCUT2D eigenvalue weighted by Crippen LogP contribution is -2.30. The van der Waals surface area contributed by atoms with Gasteiger partial charge in [0.25, 0.3) is 0 Å². The fourth-order valence-corrected chi connectivity index (χ4v) is 1.36. The van der Waals surface area contributed by atoms with Gasteiger partial charge in [-0.3, -0.25) is 4.79 Å². The van der Waals surface area contributed by atoms with Crippen molar-refractivity contribution in [1.82, 2.24) is 5.32 Å². The summed E-state index contributed by atoms with van der Waals surface area (Å²) in [7, 11) is 1.59. The van der Waals surface area contributed by atoms with E-state index in [9.17, 15) is 9.59 Å². The molecule has 0 saturated heterocycles. The predicted octanol–water partition coefficient (Wildman–Crippen LogP) is 0.325. The van der Waals surface area contributed by atoms with Gasteiger partial charge in [-0.1, -0.05) is 0 Å². The Labute approximate surface area is 116 Å². The smallest absolute Gasteiger partial charge is 0.341 e. The van der Waals surface area contributed by atoms with Gasteiger partial charge in [-0.25, -0.2) is 4.79 Å². The SMILES string of the molecule is COCCNCC(=O)Nc1ccc(OCC(=O)O)cc1. The van der Waals surface area contributed by atoms with E-state index in [1.54, 1.807) is 31.4 Å². The van der Waals surface area contributed by atoms with Crippen molar-refractivity contribution in [2.24, 2.45) is 0 Å². The summed E-state index contributed by atoms with van der Waals surface area (Å²) in [6.45, 7) is 0.949. The minimum absolute atomic E-state index is 0.166. The molecule has 0 aliphatic heterocycles. The van der Waals surface area contributed by atoms with Crippen molar-refractivity contribution in [2.75, 3.05) is 38.7 Å². The summed E-state index contributed by atoms with van der Waals surface area (Å²) in [6.07, 6.45) is 0. The van der Waals surface area contributed by atoms with E-state index in [0.717, 1.165) is 0 Å². The first-order valence-corrected chi connectivity index (χ1v) is 6.06. The molecule has 3 N–H and O–H groups in total. The lowest BCUT2D eigenvalue weighted by molar-refractivity contribution is -0.139. The van der Waals surface area contributed by atoms with Gasteiger partial charge in [-0.2, -0.15) is 0 Å². The largest absolute Gasteiger partial charge is 0.482 e.